The van der Waals surface area contributed by atoms with Crippen LogP contribution in [0.5, 0.6) is 5.75 Å². The van der Waals surface area contributed by atoms with Crippen LogP contribution in [0.3, 0.4) is 0 Å². The molecule has 5 aromatic rings. The van der Waals surface area contributed by atoms with Crippen molar-refractivity contribution in [1.82, 2.24) is 15.0 Å². The van der Waals surface area contributed by atoms with Gasteiger partial charge >= 0.3 is 0 Å². The summed E-state index contributed by atoms with van der Waals surface area (Å²) in [5, 5.41) is 1.05. The molecule has 2 heterocycles. The lowest BCUT2D eigenvalue weighted by molar-refractivity contribution is 0.415. The SMILES string of the molecule is COc1ccc(-c2cc(-c3ccccc3)nc3nc(-c4ccc(Cl)cc4)[nH]c(=O)c23)cc1. The largest absolute Gasteiger partial charge is 0.497 e. The van der Waals surface area contributed by atoms with E-state index in [4.69, 9.17) is 26.3 Å². The van der Waals surface area contributed by atoms with Gasteiger partial charge < -0.3 is 9.72 Å². The minimum Gasteiger partial charge on any atom is -0.497 e. The van der Waals surface area contributed by atoms with Crippen LogP contribution < -0.4 is 10.3 Å². The topological polar surface area (TPSA) is 67.9 Å². The number of fused-ring (bicyclic) bond motifs is 1. The molecule has 5 nitrogen and oxygen atoms in total. The molecule has 156 valence electrons. The van der Waals surface area contributed by atoms with E-state index in [0.717, 1.165) is 33.7 Å². The number of hydrogen-bond donors (Lipinski definition) is 1. The second-order valence-electron chi connectivity index (χ2n) is 7.27. The first-order valence-corrected chi connectivity index (χ1v) is 10.4. The van der Waals surface area contributed by atoms with Crippen molar-refractivity contribution in [3.63, 3.8) is 0 Å². The Hall–Kier alpha value is -3.96. The number of nitrogens with one attached hydrogen (secondary N) is 1. The number of nitrogens with zero attached hydrogens (tertiary/aromatic N) is 2. The van der Waals surface area contributed by atoms with Gasteiger partial charge in [-0.2, -0.15) is 0 Å². The number of aromatic amines is 1. The van der Waals surface area contributed by atoms with Gasteiger partial charge in [0, 0.05) is 21.7 Å². The maximum atomic E-state index is 13.2. The maximum Gasteiger partial charge on any atom is 0.261 e. The quantitative estimate of drug-likeness (QED) is 0.374. The second-order valence-corrected chi connectivity index (χ2v) is 7.71. The van der Waals surface area contributed by atoms with Gasteiger partial charge in [0.15, 0.2) is 5.65 Å². The molecule has 3 aromatic carbocycles. The van der Waals surface area contributed by atoms with E-state index in [9.17, 15) is 4.79 Å². The fourth-order valence-electron chi connectivity index (χ4n) is 3.64. The van der Waals surface area contributed by atoms with Crippen molar-refractivity contribution >= 4 is 22.6 Å². The molecule has 0 radical (unpaired) electrons. The molecule has 0 atom stereocenters. The van der Waals surface area contributed by atoms with E-state index in [0.29, 0.717) is 21.9 Å². The third kappa shape index (κ3) is 3.74. The van der Waals surface area contributed by atoms with E-state index in [1.165, 1.54) is 0 Å². The Balaban J connectivity index is 1.78. The van der Waals surface area contributed by atoms with Crippen molar-refractivity contribution in [3.05, 3.63) is 100 Å². The zero-order valence-corrected chi connectivity index (χ0v) is 17.9. The van der Waals surface area contributed by atoms with Gasteiger partial charge in [0.05, 0.1) is 18.2 Å². The third-order valence-corrected chi connectivity index (χ3v) is 5.52. The first-order chi connectivity index (χ1) is 15.6. The summed E-state index contributed by atoms with van der Waals surface area (Å²) >= 11 is 6.01. The Labute approximate surface area is 189 Å². The number of methoxy groups -OCH3 is 1. The standard InChI is InChI=1S/C26H18ClN3O2/c1-32-20-13-9-16(10-14-20)21-15-22(17-5-3-2-4-6-17)28-25-23(21)26(31)30-24(29-25)18-7-11-19(27)12-8-18/h2-15H,1H3,(H,28,29,30,31). The minimum absolute atomic E-state index is 0.252. The molecule has 0 fully saturated rings. The van der Waals surface area contributed by atoms with E-state index in [-0.39, 0.29) is 5.56 Å². The number of H-pyrrole nitrogens is 1. The van der Waals surface area contributed by atoms with Crippen LogP contribution >= 0.6 is 11.6 Å². The highest BCUT2D eigenvalue weighted by molar-refractivity contribution is 6.30. The van der Waals surface area contributed by atoms with Crippen LogP contribution in [0.25, 0.3) is 44.8 Å². The van der Waals surface area contributed by atoms with Crippen molar-refractivity contribution in [2.75, 3.05) is 7.11 Å². The number of aromatic nitrogens is 3. The zero-order valence-electron chi connectivity index (χ0n) is 17.2. The lowest BCUT2D eigenvalue weighted by atomic mass is 10.00. The monoisotopic (exact) mass is 439 g/mol. The average molecular weight is 440 g/mol. The number of halogens is 1. The Kier molecular flexibility index (Phi) is 5.17. The summed E-state index contributed by atoms with van der Waals surface area (Å²) in [5.74, 6) is 1.19. The average Bonchev–Trinajstić information content (AvgIpc) is 2.84. The van der Waals surface area contributed by atoms with Gasteiger partial charge in [-0.05, 0) is 48.0 Å². The Morgan fingerprint density at radius 2 is 1.50 bits per heavy atom. The van der Waals surface area contributed by atoms with E-state index < -0.39 is 0 Å². The molecule has 0 saturated carbocycles. The van der Waals surface area contributed by atoms with E-state index in [2.05, 4.69) is 4.98 Å². The first kappa shape index (κ1) is 20.0. The van der Waals surface area contributed by atoms with Crippen molar-refractivity contribution in [1.29, 1.82) is 0 Å². The molecule has 0 aliphatic heterocycles. The van der Waals surface area contributed by atoms with Gasteiger partial charge in [-0.15, -0.1) is 0 Å². The normalized spacial score (nSPS) is 10.9. The predicted molar refractivity (Wildman–Crippen MR) is 128 cm³/mol. The summed E-state index contributed by atoms with van der Waals surface area (Å²) in [4.78, 5) is 25.6. The molecule has 0 amide bonds. The third-order valence-electron chi connectivity index (χ3n) is 5.27. The summed E-state index contributed by atoms with van der Waals surface area (Å²) in [6, 6.07) is 26.5. The van der Waals surface area contributed by atoms with Crippen molar-refractivity contribution in [3.8, 4) is 39.5 Å². The number of ether oxygens (including phenoxy) is 1. The smallest absolute Gasteiger partial charge is 0.261 e. The van der Waals surface area contributed by atoms with Crippen LogP contribution in [0.1, 0.15) is 0 Å². The van der Waals surface area contributed by atoms with Gasteiger partial charge in [0.2, 0.25) is 0 Å². The fourth-order valence-corrected chi connectivity index (χ4v) is 3.77. The predicted octanol–water partition coefficient (Wildman–Crippen LogP) is 5.98. The summed E-state index contributed by atoms with van der Waals surface area (Å²) in [5.41, 5.74) is 4.20. The number of pyridine rings is 1. The molecule has 6 heteroatoms. The number of benzene rings is 3. The van der Waals surface area contributed by atoms with Crippen LogP contribution in [0.4, 0.5) is 0 Å². The molecule has 0 saturated heterocycles. The van der Waals surface area contributed by atoms with Crippen molar-refractivity contribution in [2.24, 2.45) is 0 Å². The van der Waals surface area contributed by atoms with Crippen LogP contribution in [0, 0.1) is 0 Å². The van der Waals surface area contributed by atoms with Gasteiger partial charge in [-0.3, -0.25) is 4.79 Å². The number of rotatable bonds is 4. The van der Waals surface area contributed by atoms with Crippen LogP contribution in [0.2, 0.25) is 5.02 Å². The van der Waals surface area contributed by atoms with Crippen molar-refractivity contribution in [2.45, 2.75) is 0 Å². The molecule has 0 unspecified atom stereocenters. The van der Waals surface area contributed by atoms with E-state index in [1.54, 1.807) is 19.2 Å². The summed E-state index contributed by atoms with van der Waals surface area (Å²) < 4.78 is 5.28. The molecule has 32 heavy (non-hydrogen) atoms. The van der Waals surface area contributed by atoms with Crippen LogP contribution in [0.15, 0.2) is 89.7 Å². The first-order valence-electron chi connectivity index (χ1n) is 10.0. The van der Waals surface area contributed by atoms with E-state index >= 15 is 0 Å². The highest BCUT2D eigenvalue weighted by Gasteiger charge is 2.16. The molecule has 0 aliphatic carbocycles. The Bertz CT molecular complexity index is 1460. The van der Waals surface area contributed by atoms with Gasteiger partial charge in [0.25, 0.3) is 5.56 Å². The van der Waals surface area contributed by atoms with Gasteiger partial charge in [-0.1, -0.05) is 54.1 Å². The molecular weight excluding hydrogens is 422 g/mol. The highest BCUT2D eigenvalue weighted by atomic mass is 35.5. The lowest BCUT2D eigenvalue weighted by Crippen LogP contribution is -2.12. The Morgan fingerprint density at radius 3 is 2.19 bits per heavy atom. The van der Waals surface area contributed by atoms with Crippen molar-refractivity contribution < 1.29 is 4.74 Å². The number of hydrogen-bond acceptors (Lipinski definition) is 4. The Morgan fingerprint density at radius 1 is 0.812 bits per heavy atom. The van der Waals surface area contributed by atoms with Gasteiger partial charge in [0.1, 0.15) is 11.6 Å². The summed E-state index contributed by atoms with van der Waals surface area (Å²) in [7, 11) is 1.62. The molecule has 2 aromatic heterocycles. The lowest BCUT2D eigenvalue weighted by Gasteiger charge is -2.11. The molecule has 0 bridgehead atoms. The summed E-state index contributed by atoms with van der Waals surface area (Å²) in [6.07, 6.45) is 0. The molecule has 5 rings (SSSR count). The van der Waals surface area contributed by atoms with Crippen LogP contribution in [-0.2, 0) is 0 Å². The molecule has 1 N–H and O–H groups in total. The fraction of sp³-hybridized carbons (Fsp3) is 0.0385. The maximum absolute atomic E-state index is 13.2. The van der Waals surface area contributed by atoms with Gasteiger partial charge in [-0.25, -0.2) is 9.97 Å². The zero-order chi connectivity index (χ0) is 22.1. The molecule has 0 aliphatic rings. The minimum atomic E-state index is -0.252. The molecule has 0 spiro atoms. The highest BCUT2D eigenvalue weighted by Crippen LogP contribution is 2.31. The molecular formula is C26H18ClN3O2. The van der Waals surface area contributed by atoms with E-state index in [1.807, 2.05) is 72.8 Å². The summed E-state index contributed by atoms with van der Waals surface area (Å²) in [6.45, 7) is 0. The second kappa shape index (κ2) is 8.29. The van der Waals surface area contributed by atoms with Crippen LogP contribution in [-0.4, -0.2) is 22.1 Å².